The zero-order chi connectivity index (χ0) is 10.0. The van der Waals surface area contributed by atoms with Gasteiger partial charge in [0.05, 0.1) is 0 Å². The third-order valence-electron chi connectivity index (χ3n) is 3.28. The molecule has 0 unspecified atom stereocenters. The standard InChI is InChI=1S/C10H19N3O/c1-2-12-9(14)13-5-3-4-10(8-13)6-11-7-10/h11H,2-8H2,1H3,(H,12,14). The molecule has 2 heterocycles. The Morgan fingerprint density at radius 3 is 2.93 bits per heavy atom. The van der Waals surface area contributed by atoms with Gasteiger partial charge in [-0.1, -0.05) is 0 Å². The minimum Gasteiger partial charge on any atom is -0.338 e. The molecule has 2 N–H and O–H groups in total. The third kappa shape index (κ3) is 1.71. The number of nitrogens with one attached hydrogen (secondary N) is 2. The van der Waals surface area contributed by atoms with Crippen LogP contribution in [-0.4, -0.2) is 43.7 Å². The van der Waals surface area contributed by atoms with Crippen molar-refractivity contribution in [1.29, 1.82) is 0 Å². The van der Waals surface area contributed by atoms with Crippen molar-refractivity contribution in [3.63, 3.8) is 0 Å². The maximum absolute atomic E-state index is 11.6. The average molecular weight is 197 g/mol. The van der Waals surface area contributed by atoms with Crippen molar-refractivity contribution in [1.82, 2.24) is 15.5 Å². The molecule has 0 saturated carbocycles. The van der Waals surface area contributed by atoms with Crippen LogP contribution in [0.2, 0.25) is 0 Å². The molecule has 2 rings (SSSR count). The molecule has 0 aromatic heterocycles. The van der Waals surface area contributed by atoms with E-state index in [2.05, 4.69) is 10.6 Å². The second-order valence-electron chi connectivity index (χ2n) is 4.46. The summed E-state index contributed by atoms with van der Waals surface area (Å²) in [6, 6.07) is 0.110. The van der Waals surface area contributed by atoms with Crippen molar-refractivity contribution in [2.24, 2.45) is 5.41 Å². The van der Waals surface area contributed by atoms with Gasteiger partial charge in [0.1, 0.15) is 0 Å². The van der Waals surface area contributed by atoms with Crippen LogP contribution in [0.1, 0.15) is 19.8 Å². The van der Waals surface area contributed by atoms with Crippen LogP contribution in [0.3, 0.4) is 0 Å². The zero-order valence-electron chi connectivity index (χ0n) is 8.81. The summed E-state index contributed by atoms with van der Waals surface area (Å²) in [6.07, 6.45) is 2.43. The number of rotatable bonds is 1. The van der Waals surface area contributed by atoms with Crippen molar-refractivity contribution in [2.45, 2.75) is 19.8 Å². The lowest BCUT2D eigenvalue weighted by Gasteiger charge is -2.49. The molecule has 2 amide bonds. The second kappa shape index (κ2) is 3.77. The number of nitrogens with zero attached hydrogens (tertiary/aromatic N) is 1. The van der Waals surface area contributed by atoms with E-state index in [0.29, 0.717) is 5.41 Å². The first-order valence-electron chi connectivity index (χ1n) is 5.49. The summed E-state index contributed by atoms with van der Waals surface area (Å²) in [5.74, 6) is 0. The smallest absolute Gasteiger partial charge is 0.317 e. The maximum atomic E-state index is 11.6. The predicted molar refractivity (Wildman–Crippen MR) is 55.2 cm³/mol. The van der Waals surface area contributed by atoms with Crippen molar-refractivity contribution < 1.29 is 4.79 Å². The van der Waals surface area contributed by atoms with Gasteiger partial charge in [0.25, 0.3) is 0 Å². The second-order valence-corrected chi connectivity index (χ2v) is 4.46. The van der Waals surface area contributed by atoms with E-state index in [0.717, 1.165) is 39.1 Å². The fourth-order valence-electron chi connectivity index (χ4n) is 2.41. The lowest BCUT2D eigenvalue weighted by atomic mass is 9.75. The SMILES string of the molecule is CCNC(=O)N1CCCC2(CNC2)C1. The van der Waals surface area contributed by atoms with Gasteiger partial charge < -0.3 is 15.5 Å². The number of carbonyl (C=O) groups excluding carboxylic acids is 1. The van der Waals surface area contributed by atoms with Crippen LogP contribution >= 0.6 is 0 Å². The summed E-state index contributed by atoms with van der Waals surface area (Å²) in [6.45, 7) is 6.72. The van der Waals surface area contributed by atoms with Gasteiger partial charge in [-0.25, -0.2) is 4.79 Å². The van der Waals surface area contributed by atoms with Crippen LogP contribution in [0.15, 0.2) is 0 Å². The summed E-state index contributed by atoms with van der Waals surface area (Å²) in [5, 5.41) is 6.17. The fourth-order valence-corrected chi connectivity index (χ4v) is 2.41. The Bertz CT molecular complexity index is 225. The minimum atomic E-state index is 0.110. The molecule has 0 aromatic rings. The van der Waals surface area contributed by atoms with Gasteiger partial charge in [0.15, 0.2) is 0 Å². The van der Waals surface area contributed by atoms with Crippen LogP contribution in [-0.2, 0) is 0 Å². The van der Waals surface area contributed by atoms with E-state index >= 15 is 0 Å². The summed E-state index contributed by atoms with van der Waals surface area (Å²) in [7, 11) is 0. The van der Waals surface area contributed by atoms with E-state index in [1.54, 1.807) is 0 Å². The Morgan fingerprint density at radius 2 is 2.36 bits per heavy atom. The van der Waals surface area contributed by atoms with Crippen LogP contribution in [0.4, 0.5) is 4.79 Å². The minimum absolute atomic E-state index is 0.110. The first-order valence-corrected chi connectivity index (χ1v) is 5.49. The number of piperidine rings is 1. The van der Waals surface area contributed by atoms with E-state index in [4.69, 9.17) is 0 Å². The number of hydrogen-bond acceptors (Lipinski definition) is 2. The lowest BCUT2D eigenvalue weighted by Crippen LogP contribution is -2.62. The molecule has 4 heteroatoms. The fraction of sp³-hybridized carbons (Fsp3) is 0.900. The van der Waals surface area contributed by atoms with Gasteiger partial charge in [0, 0.05) is 38.1 Å². The van der Waals surface area contributed by atoms with E-state index in [1.807, 2.05) is 11.8 Å². The summed E-state index contributed by atoms with van der Waals surface area (Å²) in [5.41, 5.74) is 0.406. The normalized spacial score (nSPS) is 24.5. The Hall–Kier alpha value is -0.770. The monoisotopic (exact) mass is 197 g/mol. The van der Waals surface area contributed by atoms with Gasteiger partial charge in [0.2, 0.25) is 0 Å². The van der Waals surface area contributed by atoms with E-state index in [1.165, 1.54) is 6.42 Å². The molecule has 2 saturated heterocycles. The van der Waals surface area contributed by atoms with E-state index in [-0.39, 0.29) is 6.03 Å². The molecule has 0 bridgehead atoms. The van der Waals surface area contributed by atoms with Gasteiger partial charge in [-0.2, -0.15) is 0 Å². The summed E-state index contributed by atoms with van der Waals surface area (Å²) >= 11 is 0. The molecule has 2 fully saturated rings. The van der Waals surface area contributed by atoms with E-state index in [9.17, 15) is 4.79 Å². The Morgan fingerprint density at radius 1 is 1.57 bits per heavy atom. The summed E-state index contributed by atoms with van der Waals surface area (Å²) < 4.78 is 0. The Labute approximate surface area is 85.0 Å². The van der Waals surface area contributed by atoms with Crippen molar-refractivity contribution >= 4 is 6.03 Å². The topological polar surface area (TPSA) is 44.4 Å². The quantitative estimate of drug-likeness (QED) is 0.639. The van der Waals surface area contributed by atoms with Gasteiger partial charge in [-0.15, -0.1) is 0 Å². The highest BCUT2D eigenvalue weighted by atomic mass is 16.2. The highest BCUT2D eigenvalue weighted by Gasteiger charge is 2.41. The van der Waals surface area contributed by atoms with E-state index < -0.39 is 0 Å². The van der Waals surface area contributed by atoms with Crippen molar-refractivity contribution in [3.8, 4) is 0 Å². The molecule has 0 aliphatic carbocycles. The zero-order valence-corrected chi connectivity index (χ0v) is 8.81. The average Bonchev–Trinajstić information content (AvgIpc) is 2.16. The van der Waals surface area contributed by atoms with Crippen molar-refractivity contribution in [2.75, 3.05) is 32.7 Å². The third-order valence-corrected chi connectivity index (χ3v) is 3.28. The number of amides is 2. The van der Waals surface area contributed by atoms with Crippen LogP contribution in [0.5, 0.6) is 0 Å². The first-order chi connectivity index (χ1) is 6.76. The number of likely N-dealkylation sites (tertiary alicyclic amines) is 1. The molecular formula is C10H19N3O. The van der Waals surface area contributed by atoms with Crippen LogP contribution < -0.4 is 10.6 Å². The molecule has 80 valence electrons. The van der Waals surface area contributed by atoms with Gasteiger partial charge in [-0.05, 0) is 19.8 Å². The number of carbonyl (C=O) groups is 1. The molecule has 2 aliphatic heterocycles. The van der Waals surface area contributed by atoms with Crippen LogP contribution in [0.25, 0.3) is 0 Å². The summed E-state index contributed by atoms with van der Waals surface area (Å²) in [4.78, 5) is 13.6. The largest absolute Gasteiger partial charge is 0.338 e. The molecule has 0 atom stereocenters. The van der Waals surface area contributed by atoms with Gasteiger partial charge >= 0.3 is 6.03 Å². The van der Waals surface area contributed by atoms with Crippen LogP contribution in [0, 0.1) is 5.41 Å². The molecule has 4 nitrogen and oxygen atoms in total. The molecule has 2 aliphatic rings. The number of hydrogen-bond donors (Lipinski definition) is 2. The molecule has 0 aromatic carbocycles. The predicted octanol–water partition coefficient (Wildman–Crippen LogP) is 0.401. The maximum Gasteiger partial charge on any atom is 0.317 e. The van der Waals surface area contributed by atoms with Gasteiger partial charge in [-0.3, -0.25) is 0 Å². The molecule has 0 radical (unpaired) electrons. The molecular weight excluding hydrogens is 178 g/mol. The molecule has 1 spiro atoms. The molecule has 14 heavy (non-hydrogen) atoms. The number of urea groups is 1. The first kappa shape index (κ1) is 9.77. The Balaban J connectivity index is 1.90. The highest BCUT2D eigenvalue weighted by Crippen LogP contribution is 2.33. The van der Waals surface area contributed by atoms with Crippen molar-refractivity contribution in [3.05, 3.63) is 0 Å². The lowest BCUT2D eigenvalue weighted by molar-refractivity contribution is 0.0588. The Kier molecular flexibility index (Phi) is 2.63. The highest BCUT2D eigenvalue weighted by molar-refractivity contribution is 5.74.